The van der Waals surface area contributed by atoms with Crippen molar-refractivity contribution in [1.82, 2.24) is 5.43 Å². The summed E-state index contributed by atoms with van der Waals surface area (Å²) in [4.78, 5) is 11.7. The maximum atomic E-state index is 13.0. The summed E-state index contributed by atoms with van der Waals surface area (Å²) in [6, 6.07) is 19.4. The Bertz CT molecular complexity index is 893. The van der Waals surface area contributed by atoms with Crippen LogP contribution in [0, 0.1) is 5.82 Å². The van der Waals surface area contributed by atoms with Gasteiger partial charge in [0.1, 0.15) is 11.6 Å². The highest BCUT2D eigenvalue weighted by molar-refractivity contribution is 5.84. The van der Waals surface area contributed by atoms with E-state index >= 15 is 0 Å². The molecule has 24 heavy (non-hydrogen) atoms. The molecule has 0 aliphatic heterocycles. The fourth-order valence-electron chi connectivity index (χ4n) is 2.20. The standard InChI is InChI=1S/C19H15FN2O2/c20-17-7-3-4-14(10-17)12-21-22-19(23)13-24-18-9-8-15-5-1-2-6-16(15)11-18/h1-12H,13H2,(H,22,23)/b21-12+. The molecule has 3 rings (SSSR count). The summed E-state index contributed by atoms with van der Waals surface area (Å²) in [6.07, 6.45) is 1.37. The van der Waals surface area contributed by atoms with Crippen molar-refractivity contribution >= 4 is 22.9 Å². The van der Waals surface area contributed by atoms with E-state index in [1.54, 1.807) is 12.1 Å². The van der Waals surface area contributed by atoms with Crippen molar-refractivity contribution in [3.63, 3.8) is 0 Å². The van der Waals surface area contributed by atoms with Crippen molar-refractivity contribution < 1.29 is 13.9 Å². The fourth-order valence-corrected chi connectivity index (χ4v) is 2.20. The molecule has 0 heterocycles. The molecule has 0 aromatic heterocycles. The lowest BCUT2D eigenvalue weighted by atomic mass is 10.1. The third-order valence-electron chi connectivity index (χ3n) is 3.34. The van der Waals surface area contributed by atoms with Crippen LogP contribution in [0.4, 0.5) is 4.39 Å². The van der Waals surface area contributed by atoms with Crippen molar-refractivity contribution in [2.24, 2.45) is 5.10 Å². The Labute approximate surface area is 138 Å². The Morgan fingerprint density at radius 2 is 1.88 bits per heavy atom. The first-order valence-corrected chi connectivity index (χ1v) is 7.40. The van der Waals surface area contributed by atoms with E-state index in [1.807, 2.05) is 42.5 Å². The molecule has 3 aromatic carbocycles. The molecule has 0 unspecified atom stereocenters. The van der Waals surface area contributed by atoms with Crippen LogP contribution in [0.3, 0.4) is 0 Å². The number of amides is 1. The highest BCUT2D eigenvalue weighted by Crippen LogP contribution is 2.20. The molecule has 0 atom stereocenters. The van der Waals surface area contributed by atoms with E-state index in [4.69, 9.17) is 4.74 Å². The Kier molecular flexibility index (Phi) is 4.81. The van der Waals surface area contributed by atoms with Gasteiger partial charge >= 0.3 is 0 Å². The first-order chi connectivity index (χ1) is 11.7. The quantitative estimate of drug-likeness (QED) is 0.577. The van der Waals surface area contributed by atoms with E-state index in [2.05, 4.69) is 10.5 Å². The predicted octanol–water partition coefficient (Wildman–Crippen LogP) is 3.51. The molecule has 0 bridgehead atoms. The molecule has 120 valence electrons. The average Bonchev–Trinajstić information content (AvgIpc) is 2.60. The third-order valence-corrected chi connectivity index (χ3v) is 3.34. The van der Waals surface area contributed by atoms with Crippen LogP contribution in [0.1, 0.15) is 5.56 Å². The number of carbonyl (C=O) groups excluding carboxylic acids is 1. The van der Waals surface area contributed by atoms with E-state index in [1.165, 1.54) is 18.3 Å². The summed E-state index contributed by atoms with van der Waals surface area (Å²) >= 11 is 0. The van der Waals surface area contributed by atoms with E-state index in [9.17, 15) is 9.18 Å². The van der Waals surface area contributed by atoms with Crippen LogP contribution < -0.4 is 10.2 Å². The van der Waals surface area contributed by atoms with Gasteiger partial charge in [-0.25, -0.2) is 9.82 Å². The highest BCUT2D eigenvalue weighted by atomic mass is 19.1. The van der Waals surface area contributed by atoms with Gasteiger partial charge in [0.15, 0.2) is 6.61 Å². The second-order valence-electron chi connectivity index (χ2n) is 5.15. The van der Waals surface area contributed by atoms with Gasteiger partial charge < -0.3 is 4.74 Å². The van der Waals surface area contributed by atoms with Crippen molar-refractivity contribution in [1.29, 1.82) is 0 Å². The van der Waals surface area contributed by atoms with Crippen LogP contribution in [-0.2, 0) is 4.79 Å². The number of hydrogen-bond donors (Lipinski definition) is 1. The van der Waals surface area contributed by atoms with Crippen LogP contribution in [0.5, 0.6) is 5.75 Å². The first-order valence-electron chi connectivity index (χ1n) is 7.40. The normalized spacial score (nSPS) is 10.9. The summed E-state index contributed by atoms with van der Waals surface area (Å²) < 4.78 is 18.5. The highest BCUT2D eigenvalue weighted by Gasteiger charge is 2.02. The molecule has 0 radical (unpaired) electrons. The van der Waals surface area contributed by atoms with Gasteiger partial charge in [0.2, 0.25) is 0 Å². The van der Waals surface area contributed by atoms with Gasteiger partial charge in [0.05, 0.1) is 6.21 Å². The van der Waals surface area contributed by atoms with Crippen molar-refractivity contribution in [2.75, 3.05) is 6.61 Å². The van der Waals surface area contributed by atoms with E-state index < -0.39 is 5.91 Å². The molecule has 0 fully saturated rings. The van der Waals surface area contributed by atoms with Crippen molar-refractivity contribution in [2.45, 2.75) is 0 Å². The summed E-state index contributed by atoms with van der Waals surface area (Å²) in [7, 11) is 0. The smallest absolute Gasteiger partial charge is 0.277 e. The van der Waals surface area contributed by atoms with Crippen LogP contribution >= 0.6 is 0 Å². The number of nitrogens with zero attached hydrogens (tertiary/aromatic N) is 1. The molecule has 0 aliphatic rings. The van der Waals surface area contributed by atoms with Gasteiger partial charge in [0.25, 0.3) is 5.91 Å². The summed E-state index contributed by atoms with van der Waals surface area (Å²) in [5.74, 6) is -0.140. The molecule has 4 nitrogen and oxygen atoms in total. The molecule has 1 amide bonds. The van der Waals surface area contributed by atoms with Crippen LogP contribution in [0.2, 0.25) is 0 Å². The lowest BCUT2D eigenvalue weighted by Gasteiger charge is -2.06. The molecule has 3 aromatic rings. The maximum Gasteiger partial charge on any atom is 0.277 e. The maximum absolute atomic E-state index is 13.0. The van der Waals surface area contributed by atoms with E-state index in [-0.39, 0.29) is 12.4 Å². The van der Waals surface area contributed by atoms with Crippen LogP contribution in [0.15, 0.2) is 71.8 Å². The summed E-state index contributed by atoms with van der Waals surface area (Å²) in [5.41, 5.74) is 2.90. The number of hydrazone groups is 1. The number of carbonyl (C=O) groups is 1. The minimum absolute atomic E-state index is 0.154. The topological polar surface area (TPSA) is 50.7 Å². The second-order valence-corrected chi connectivity index (χ2v) is 5.15. The lowest BCUT2D eigenvalue weighted by molar-refractivity contribution is -0.123. The Hall–Kier alpha value is -3.21. The number of benzene rings is 3. The van der Waals surface area contributed by atoms with Gasteiger partial charge in [-0.1, -0.05) is 42.5 Å². The number of rotatable bonds is 5. The van der Waals surface area contributed by atoms with E-state index in [0.29, 0.717) is 11.3 Å². The zero-order valence-corrected chi connectivity index (χ0v) is 12.8. The number of halogens is 1. The fraction of sp³-hybridized carbons (Fsp3) is 0.0526. The Morgan fingerprint density at radius 1 is 1.04 bits per heavy atom. The third kappa shape index (κ3) is 4.16. The molecular weight excluding hydrogens is 307 g/mol. The van der Waals surface area contributed by atoms with Crippen molar-refractivity contribution in [3.05, 3.63) is 78.1 Å². The number of hydrogen-bond acceptors (Lipinski definition) is 3. The van der Waals surface area contributed by atoms with Crippen LogP contribution in [-0.4, -0.2) is 18.7 Å². The first kappa shape index (κ1) is 15.7. The van der Waals surface area contributed by atoms with Crippen LogP contribution in [0.25, 0.3) is 10.8 Å². The minimum Gasteiger partial charge on any atom is -0.484 e. The molecular formula is C19H15FN2O2. The predicted molar refractivity (Wildman–Crippen MR) is 91.6 cm³/mol. The largest absolute Gasteiger partial charge is 0.484 e. The monoisotopic (exact) mass is 322 g/mol. The minimum atomic E-state index is -0.393. The van der Waals surface area contributed by atoms with Gasteiger partial charge in [-0.05, 0) is 40.6 Å². The van der Waals surface area contributed by atoms with Gasteiger partial charge in [-0.15, -0.1) is 0 Å². The molecule has 0 saturated carbocycles. The lowest BCUT2D eigenvalue weighted by Crippen LogP contribution is -2.24. The zero-order chi connectivity index (χ0) is 16.8. The van der Waals surface area contributed by atoms with Gasteiger partial charge in [-0.3, -0.25) is 4.79 Å². The zero-order valence-electron chi connectivity index (χ0n) is 12.8. The Morgan fingerprint density at radius 3 is 2.71 bits per heavy atom. The molecule has 0 saturated heterocycles. The van der Waals surface area contributed by atoms with Gasteiger partial charge in [-0.2, -0.15) is 5.10 Å². The second kappa shape index (κ2) is 7.37. The number of ether oxygens (including phenoxy) is 1. The number of nitrogens with one attached hydrogen (secondary N) is 1. The summed E-state index contributed by atoms with van der Waals surface area (Å²) in [6.45, 7) is -0.154. The SMILES string of the molecule is O=C(COc1ccc2ccccc2c1)N/N=C/c1cccc(F)c1. The molecule has 1 N–H and O–H groups in total. The van der Waals surface area contributed by atoms with E-state index in [0.717, 1.165) is 10.8 Å². The molecule has 0 aliphatic carbocycles. The van der Waals surface area contributed by atoms with Crippen molar-refractivity contribution in [3.8, 4) is 5.75 Å². The Balaban J connectivity index is 1.53. The average molecular weight is 322 g/mol. The summed E-state index contributed by atoms with van der Waals surface area (Å²) in [5, 5.41) is 5.92. The molecule has 0 spiro atoms. The van der Waals surface area contributed by atoms with Gasteiger partial charge in [0, 0.05) is 0 Å². The molecule has 5 heteroatoms. The number of fused-ring (bicyclic) bond motifs is 1.